The van der Waals surface area contributed by atoms with Gasteiger partial charge in [-0.1, -0.05) is 36.4 Å². The number of alkyl halides is 2. The van der Waals surface area contributed by atoms with Crippen molar-refractivity contribution in [3.05, 3.63) is 60.2 Å². The van der Waals surface area contributed by atoms with Crippen LogP contribution in [0, 0.1) is 0 Å². The molecule has 4 heteroatoms. The first-order valence-electron chi connectivity index (χ1n) is 5.91. The highest BCUT2D eigenvalue weighted by Gasteiger charge is 2.35. The van der Waals surface area contributed by atoms with E-state index >= 15 is 0 Å². The number of hydrogen-bond donors (Lipinski definition) is 1. The molecule has 0 bridgehead atoms. The fraction of sp³-hybridized carbons (Fsp3) is 0.200. The summed E-state index contributed by atoms with van der Waals surface area (Å²) in [5.74, 6) is 0.930. The molecule has 0 aliphatic rings. The highest BCUT2D eigenvalue weighted by molar-refractivity contribution is 5.42. The zero-order valence-corrected chi connectivity index (χ0v) is 10.5. The average Bonchev–Trinajstić information content (AvgIpc) is 2.40. The lowest BCUT2D eigenvalue weighted by Gasteiger charge is -2.26. The molecule has 0 aromatic heterocycles. The van der Waals surface area contributed by atoms with Crippen molar-refractivity contribution in [2.24, 2.45) is 5.73 Å². The Morgan fingerprint density at radius 2 is 1.58 bits per heavy atom. The van der Waals surface area contributed by atoms with Crippen LogP contribution >= 0.6 is 0 Å². The first kappa shape index (κ1) is 13.5. The van der Waals surface area contributed by atoms with E-state index in [1.54, 1.807) is 36.4 Å². The van der Waals surface area contributed by atoms with Crippen LogP contribution < -0.4 is 10.5 Å². The Morgan fingerprint density at radius 1 is 1.00 bits per heavy atom. The third-order valence-corrected chi connectivity index (χ3v) is 2.89. The van der Waals surface area contributed by atoms with E-state index in [0.29, 0.717) is 11.5 Å². The van der Waals surface area contributed by atoms with Gasteiger partial charge in [0.2, 0.25) is 0 Å². The van der Waals surface area contributed by atoms with E-state index in [1.807, 2.05) is 18.2 Å². The van der Waals surface area contributed by atoms with Crippen LogP contribution in [0.15, 0.2) is 54.6 Å². The second kappa shape index (κ2) is 5.36. The summed E-state index contributed by atoms with van der Waals surface area (Å²) < 4.78 is 31.7. The molecule has 0 amide bonds. The Balaban J connectivity index is 2.37. The van der Waals surface area contributed by atoms with Crippen molar-refractivity contribution in [3.63, 3.8) is 0 Å². The molecule has 2 nitrogen and oxygen atoms in total. The SMILES string of the molecule is CC(N)(c1ccccc1Oc1ccccc1)C(F)F. The molecule has 0 saturated carbocycles. The van der Waals surface area contributed by atoms with Crippen LogP contribution in [-0.2, 0) is 5.54 Å². The van der Waals surface area contributed by atoms with E-state index in [0.717, 1.165) is 0 Å². The second-order valence-corrected chi connectivity index (χ2v) is 4.49. The summed E-state index contributed by atoms with van der Waals surface area (Å²) in [7, 11) is 0. The smallest absolute Gasteiger partial charge is 0.260 e. The zero-order valence-electron chi connectivity index (χ0n) is 10.5. The molecule has 0 heterocycles. The third-order valence-electron chi connectivity index (χ3n) is 2.89. The van der Waals surface area contributed by atoms with Crippen molar-refractivity contribution in [1.29, 1.82) is 0 Å². The predicted octanol–water partition coefficient (Wildman–Crippen LogP) is 3.92. The maximum atomic E-state index is 13.0. The van der Waals surface area contributed by atoms with E-state index in [2.05, 4.69) is 0 Å². The van der Waals surface area contributed by atoms with Gasteiger partial charge >= 0.3 is 0 Å². The van der Waals surface area contributed by atoms with Gasteiger partial charge in [-0.25, -0.2) is 8.78 Å². The molecule has 0 aliphatic carbocycles. The van der Waals surface area contributed by atoms with E-state index < -0.39 is 12.0 Å². The molecule has 0 fully saturated rings. The molecule has 0 saturated heterocycles. The monoisotopic (exact) mass is 263 g/mol. The topological polar surface area (TPSA) is 35.2 Å². The molecule has 2 aromatic carbocycles. The van der Waals surface area contributed by atoms with Crippen LogP contribution in [0.25, 0.3) is 0 Å². The minimum atomic E-state index is -2.67. The number of ether oxygens (including phenoxy) is 1. The van der Waals surface area contributed by atoms with E-state index in [1.165, 1.54) is 6.92 Å². The molecular formula is C15H15F2NO. The number of benzene rings is 2. The second-order valence-electron chi connectivity index (χ2n) is 4.49. The Morgan fingerprint density at radius 3 is 2.21 bits per heavy atom. The van der Waals surface area contributed by atoms with Gasteiger partial charge < -0.3 is 10.5 Å². The van der Waals surface area contributed by atoms with Gasteiger partial charge in [-0.2, -0.15) is 0 Å². The van der Waals surface area contributed by atoms with Gasteiger partial charge in [-0.15, -0.1) is 0 Å². The minimum absolute atomic E-state index is 0.286. The lowest BCUT2D eigenvalue weighted by atomic mass is 9.93. The van der Waals surface area contributed by atoms with Crippen LogP contribution in [0.4, 0.5) is 8.78 Å². The molecule has 0 spiro atoms. The van der Waals surface area contributed by atoms with Gasteiger partial charge in [0.1, 0.15) is 17.0 Å². The lowest BCUT2D eigenvalue weighted by Crippen LogP contribution is -2.40. The molecule has 0 radical (unpaired) electrons. The summed E-state index contributed by atoms with van der Waals surface area (Å²) in [6.07, 6.45) is -2.67. The van der Waals surface area contributed by atoms with Gasteiger partial charge in [0.25, 0.3) is 6.43 Å². The lowest BCUT2D eigenvalue weighted by molar-refractivity contribution is 0.0613. The average molecular weight is 263 g/mol. The molecule has 19 heavy (non-hydrogen) atoms. The first-order valence-corrected chi connectivity index (χ1v) is 5.91. The Bertz CT molecular complexity index is 541. The van der Waals surface area contributed by atoms with E-state index in [9.17, 15) is 8.78 Å². The van der Waals surface area contributed by atoms with Crippen LogP contribution in [0.1, 0.15) is 12.5 Å². The normalized spacial score (nSPS) is 14.2. The first-order chi connectivity index (χ1) is 9.01. The molecule has 1 atom stereocenters. The minimum Gasteiger partial charge on any atom is -0.457 e. The number of hydrogen-bond acceptors (Lipinski definition) is 2. The Hall–Kier alpha value is -1.94. The molecule has 2 rings (SSSR count). The summed E-state index contributed by atoms with van der Waals surface area (Å²) in [5, 5.41) is 0. The van der Waals surface area contributed by atoms with Gasteiger partial charge in [-0.05, 0) is 25.1 Å². The fourth-order valence-electron chi connectivity index (χ4n) is 1.73. The molecular weight excluding hydrogens is 248 g/mol. The molecule has 2 aromatic rings. The summed E-state index contributed by atoms with van der Waals surface area (Å²) in [6, 6.07) is 15.6. The summed E-state index contributed by atoms with van der Waals surface area (Å²) in [6.45, 7) is 1.30. The van der Waals surface area contributed by atoms with Crippen LogP contribution in [0.5, 0.6) is 11.5 Å². The standard InChI is InChI=1S/C15H15F2NO/c1-15(18,14(16)17)12-9-5-6-10-13(12)19-11-7-3-2-4-8-11/h2-10,14H,18H2,1H3. The number of halogens is 2. The van der Waals surface area contributed by atoms with Crippen LogP contribution in [0.3, 0.4) is 0 Å². The summed E-state index contributed by atoms with van der Waals surface area (Å²) in [4.78, 5) is 0. The fourth-order valence-corrected chi connectivity index (χ4v) is 1.73. The maximum absolute atomic E-state index is 13.0. The third kappa shape index (κ3) is 2.90. The van der Waals surface area contributed by atoms with Crippen LogP contribution in [-0.4, -0.2) is 6.43 Å². The number of para-hydroxylation sites is 2. The Labute approximate surface area is 110 Å². The van der Waals surface area contributed by atoms with Crippen molar-refractivity contribution in [2.75, 3.05) is 0 Å². The van der Waals surface area contributed by atoms with Crippen molar-refractivity contribution >= 4 is 0 Å². The van der Waals surface area contributed by atoms with Crippen molar-refractivity contribution in [3.8, 4) is 11.5 Å². The molecule has 0 aliphatic heterocycles. The van der Waals surface area contributed by atoms with Gasteiger partial charge in [0, 0.05) is 5.56 Å². The highest BCUT2D eigenvalue weighted by atomic mass is 19.3. The largest absolute Gasteiger partial charge is 0.457 e. The van der Waals surface area contributed by atoms with Crippen molar-refractivity contribution in [2.45, 2.75) is 18.9 Å². The highest BCUT2D eigenvalue weighted by Crippen LogP contribution is 2.34. The van der Waals surface area contributed by atoms with Gasteiger partial charge in [-0.3, -0.25) is 0 Å². The summed E-state index contributed by atoms with van der Waals surface area (Å²) in [5.41, 5.74) is 4.25. The summed E-state index contributed by atoms with van der Waals surface area (Å²) >= 11 is 0. The van der Waals surface area contributed by atoms with Gasteiger partial charge in [0.05, 0.1) is 0 Å². The van der Waals surface area contributed by atoms with Crippen molar-refractivity contribution < 1.29 is 13.5 Å². The predicted molar refractivity (Wildman–Crippen MR) is 70.5 cm³/mol. The Kier molecular flexibility index (Phi) is 3.81. The zero-order chi connectivity index (χ0) is 13.9. The number of nitrogens with two attached hydrogens (primary N) is 1. The van der Waals surface area contributed by atoms with E-state index in [-0.39, 0.29) is 5.56 Å². The molecule has 2 N–H and O–H groups in total. The quantitative estimate of drug-likeness (QED) is 0.907. The van der Waals surface area contributed by atoms with Crippen molar-refractivity contribution in [1.82, 2.24) is 0 Å². The van der Waals surface area contributed by atoms with Crippen LogP contribution in [0.2, 0.25) is 0 Å². The van der Waals surface area contributed by atoms with Gasteiger partial charge in [0.15, 0.2) is 0 Å². The molecule has 1 unspecified atom stereocenters. The maximum Gasteiger partial charge on any atom is 0.260 e. The van der Waals surface area contributed by atoms with E-state index in [4.69, 9.17) is 10.5 Å². The molecule has 100 valence electrons. The number of rotatable bonds is 4.